The van der Waals surface area contributed by atoms with E-state index in [0.717, 1.165) is 5.56 Å². The maximum atomic E-state index is 12.2. The van der Waals surface area contributed by atoms with E-state index in [-0.39, 0.29) is 5.91 Å². The van der Waals surface area contributed by atoms with Gasteiger partial charge in [-0.2, -0.15) is 0 Å². The van der Waals surface area contributed by atoms with Gasteiger partial charge in [-0.1, -0.05) is 6.07 Å². The van der Waals surface area contributed by atoms with Crippen molar-refractivity contribution in [1.29, 1.82) is 0 Å². The zero-order valence-corrected chi connectivity index (χ0v) is 13.2. The topological polar surface area (TPSA) is 94.1 Å². The van der Waals surface area contributed by atoms with E-state index in [4.69, 9.17) is 19.3 Å². The number of aliphatic carboxylic acids is 1. The summed E-state index contributed by atoms with van der Waals surface area (Å²) >= 11 is 0. The third-order valence-electron chi connectivity index (χ3n) is 3.53. The first kappa shape index (κ1) is 17.2. The zero-order chi connectivity index (χ0) is 16.8. The largest absolute Gasteiger partial charge is 0.489 e. The molecule has 1 fully saturated rings. The fourth-order valence-corrected chi connectivity index (χ4v) is 2.31. The number of ether oxygens (including phenoxy) is 3. The van der Waals surface area contributed by atoms with Crippen molar-refractivity contribution in [3.63, 3.8) is 0 Å². The Labute approximate surface area is 134 Å². The normalized spacial score (nSPS) is 20.3. The number of hydrogen-bond acceptors (Lipinski definition) is 5. The Balaban J connectivity index is 2.01. The van der Waals surface area contributed by atoms with Crippen LogP contribution in [0.1, 0.15) is 18.4 Å². The minimum Gasteiger partial charge on any atom is -0.489 e. The third kappa shape index (κ3) is 4.67. The predicted molar refractivity (Wildman–Crippen MR) is 82.7 cm³/mol. The Morgan fingerprint density at radius 1 is 1.30 bits per heavy atom. The lowest BCUT2D eigenvalue weighted by Gasteiger charge is -2.15. The number of anilines is 1. The molecule has 1 heterocycles. The Kier molecular flexibility index (Phi) is 5.95. The molecule has 1 aromatic rings. The monoisotopic (exact) mass is 323 g/mol. The van der Waals surface area contributed by atoms with Gasteiger partial charge in [0.1, 0.15) is 18.5 Å². The van der Waals surface area contributed by atoms with Crippen molar-refractivity contribution in [2.24, 2.45) is 0 Å². The molecule has 1 aliphatic rings. The van der Waals surface area contributed by atoms with E-state index in [1.165, 1.54) is 0 Å². The second-order valence-corrected chi connectivity index (χ2v) is 5.36. The summed E-state index contributed by atoms with van der Waals surface area (Å²) in [5, 5.41) is 11.7. The molecule has 1 amide bonds. The molecule has 2 N–H and O–H groups in total. The SMILES string of the molecule is COCCOc1cc(C)ccc1NC(=O)[C@@H]1CC[C@H](C(=O)O)O1. The molecule has 23 heavy (non-hydrogen) atoms. The highest BCUT2D eigenvalue weighted by atomic mass is 16.5. The molecule has 2 atom stereocenters. The molecule has 0 spiro atoms. The predicted octanol–water partition coefficient (Wildman–Crippen LogP) is 1.59. The third-order valence-corrected chi connectivity index (χ3v) is 3.53. The van der Waals surface area contributed by atoms with Crippen molar-refractivity contribution >= 4 is 17.6 Å². The van der Waals surface area contributed by atoms with Crippen LogP contribution >= 0.6 is 0 Å². The number of carboxylic acids is 1. The molecule has 1 aromatic carbocycles. The van der Waals surface area contributed by atoms with Crippen LogP contribution in [0, 0.1) is 6.92 Å². The highest BCUT2D eigenvalue weighted by Crippen LogP contribution is 2.27. The van der Waals surface area contributed by atoms with Crippen LogP contribution in [0.25, 0.3) is 0 Å². The lowest BCUT2D eigenvalue weighted by Crippen LogP contribution is -2.30. The van der Waals surface area contributed by atoms with Crippen molar-refractivity contribution in [2.45, 2.75) is 32.0 Å². The van der Waals surface area contributed by atoms with Crippen LogP contribution < -0.4 is 10.1 Å². The van der Waals surface area contributed by atoms with Crippen LogP contribution in [-0.4, -0.2) is 49.5 Å². The summed E-state index contributed by atoms with van der Waals surface area (Å²) in [5.41, 5.74) is 1.53. The highest BCUT2D eigenvalue weighted by Gasteiger charge is 2.34. The second-order valence-electron chi connectivity index (χ2n) is 5.36. The lowest BCUT2D eigenvalue weighted by atomic mass is 10.1. The van der Waals surface area contributed by atoms with Crippen molar-refractivity contribution < 1.29 is 28.9 Å². The van der Waals surface area contributed by atoms with E-state index < -0.39 is 18.2 Å². The molecule has 0 radical (unpaired) electrons. The Morgan fingerprint density at radius 3 is 2.70 bits per heavy atom. The lowest BCUT2D eigenvalue weighted by molar-refractivity contribution is -0.150. The minimum absolute atomic E-state index is 0.332. The maximum Gasteiger partial charge on any atom is 0.332 e. The number of amides is 1. The number of aryl methyl sites for hydroxylation is 1. The summed E-state index contributed by atoms with van der Waals surface area (Å²) in [6, 6.07) is 5.42. The number of carbonyl (C=O) groups is 2. The van der Waals surface area contributed by atoms with Crippen LogP contribution in [0.3, 0.4) is 0 Å². The molecule has 1 aliphatic heterocycles. The number of methoxy groups -OCH3 is 1. The average Bonchev–Trinajstić information content (AvgIpc) is 3.00. The first-order valence-corrected chi connectivity index (χ1v) is 7.42. The van der Waals surface area contributed by atoms with Crippen LogP contribution in [0.2, 0.25) is 0 Å². The Bertz CT molecular complexity index is 574. The molecule has 0 saturated carbocycles. The number of carboxylic acid groups (broad SMARTS) is 1. The fourth-order valence-electron chi connectivity index (χ4n) is 2.31. The molecule has 0 unspecified atom stereocenters. The van der Waals surface area contributed by atoms with Gasteiger partial charge in [0.25, 0.3) is 5.91 Å². The average molecular weight is 323 g/mol. The van der Waals surface area contributed by atoms with Gasteiger partial charge in [0.05, 0.1) is 12.3 Å². The zero-order valence-electron chi connectivity index (χ0n) is 13.2. The second kappa shape index (κ2) is 7.94. The molecule has 7 nitrogen and oxygen atoms in total. The fraction of sp³-hybridized carbons (Fsp3) is 0.500. The summed E-state index contributed by atoms with van der Waals surface area (Å²) < 4.78 is 15.8. The van der Waals surface area contributed by atoms with E-state index in [1.807, 2.05) is 19.1 Å². The summed E-state index contributed by atoms with van der Waals surface area (Å²) in [4.78, 5) is 23.1. The smallest absolute Gasteiger partial charge is 0.332 e. The van der Waals surface area contributed by atoms with E-state index in [1.54, 1.807) is 13.2 Å². The molecule has 126 valence electrons. The first-order valence-electron chi connectivity index (χ1n) is 7.42. The van der Waals surface area contributed by atoms with Gasteiger partial charge in [-0.15, -0.1) is 0 Å². The van der Waals surface area contributed by atoms with E-state index in [9.17, 15) is 9.59 Å². The molecular weight excluding hydrogens is 302 g/mol. The summed E-state index contributed by atoms with van der Waals surface area (Å²) in [7, 11) is 1.58. The summed E-state index contributed by atoms with van der Waals surface area (Å²) in [5.74, 6) is -0.864. The summed E-state index contributed by atoms with van der Waals surface area (Å²) in [6.07, 6.45) is -0.960. The van der Waals surface area contributed by atoms with Crippen LogP contribution in [-0.2, 0) is 19.1 Å². The molecule has 2 rings (SSSR count). The molecule has 7 heteroatoms. The Morgan fingerprint density at radius 2 is 2.04 bits per heavy atom. The van der Waals surface area contributed by atoms with Crippen molar-refractivity contribution in [1.82, 2.24) is 0 Å². The van der Waals surface area contributed by atoms with Crippen LogP contribution in [0.4, 0.5) is 5.69 Å². The number of hydrogen-bond donors (Lipinski definition) is 2. The van der Waals surface area contributed by atoms with Gasteiger partial charge in [0.2, 0.25) is 0 Å². The van der Waals surface area contributed by atoms with Gasteiger partial charge >= 0.3 is 5.97 Å². The number of nitrogens with one attached hydrogen (secondary N) is 1. The van der Waals surface area contributed by atoms with E-state index in [0.29, 0.717) is 37.5 Å². The summed E-state index contributed by atoms with van der Waals surface area (Å²) in [6.45, 7) is 2.73. The van der Waals surface area contributed by atoms with Crippen LogP contribution in [0.5, 0.6) is 5.75 Å². The van der Waals surface area contributed by atoms with Gasteiger partial charge < -0.3 is 24.6 Å². The molecular formula is C16H21NO6. The van der Waals surface area contributed by atoms with E-state index >= 15 is 0 Å². The van der Waals surface area contributed by atoms with Gasteiger partial charge in [-0.05, 0) is 37.5 Å². The Hall–Kier alpha value is -2.12. The van der Waals surface area contributed by atoms with Crippen molar-refractivity contribution in [3.8, 4) is 5.75 Å². The standard InChI is InChI=1S/C16H21NO6/c1-10-3-4-11(14(9-10)22-8-7-21-2)17-15(18)12-5-6-13(23-12)16(19)20/h3-4,9,12-13H,5-8H2,1-2H3,(H,17,18)(H,19,20)/t12-,13+/m0/s1. The quantitative estimate of drug-likeness (QED) is 0.740. The molecule has 0 bridgehead atoms. The van der Waals surface area contributed by atoms with Crippen molar-refractivity contribution in [3.05, 3.63) is 23.8 Å². The molecule has 1 saturated heterocycles. The highest BCUT2D eigenvalue weighted by molar-refractivity contribution is 5.96. The van der Waals surface area contributed by atoms with Gasteiger partial charge in [-0.25, -0.2) is 4.79 Å². The number of benzene rings is 1. The van der Waals surface area contributed by atoms with Crippen molar-refractivity contribution in [2.75, 3.05) is 25.6 Å². The number of rotatable bonds is 7. The molecule has 0 aliphatic carbocycles. The van der Waals surface area contributed by atoms with Gasteiger partial charge in [0, 0.05) is 7.11 Å². The maximum absolute atomic E-state index is 12.2. The number of carbonyl (C=O) groups excluding carboxylic acids is 1. The van der Waals surface area contributed by atoms with Crippen LogP contribution in [0.15, 0.2) is 18.2 Å². The van der Waals surface area contributed by atoms with E-state index in [2.05, 4.69) is 5.32 Å². The first-order chi connectivity index (χ1) is 11.0. The van der Waals surface area contributed by atoms with Gasteiger partial charge in [0.15, 0.2) is 6.10 Å². The van der Waals surface area contributed by atoms with Gasteiger partial charge in [-0.3, -0.25) is 4.79 Å². The molecule has 0 aromatic heterocycles. The minimum atomic E-state index is -1.04.